The highest BCUT2D eigenvalue weighted by Crippen LogP contribution is 2.31. The third-order valence-electron chi connectivity index (χ3n) is 2.68. The summed E-state index contributed by atoms with van der Waals surface area (Å²) in [5, 5.41) is 3.43. The Balaban J connectivity index is 1.98. The molecule has 1 N–H and O–H groups in total. The van der Waals surface area contributed by atoms with E-state index >= 15 is 0 Å². The molecule has 3 aromatic heterocycles. The molecule has 0 radical (unpaired) electrons. The van der Waals surface area contributed by atoms with Gasteiger partial charge in [0.25, 0.3) is 0 Å². The van der Waals surface area contributed by atoms with Crippen LogP contribution >= 0.6 is 11.3 Å². The van der Waals surface area contributed by atoms with Crippen molar-refractivity contribution in [2.45, 2.75) is 6.92 Å². The number of nitrogens with one attached hydrogen (secondary N) is 1. The van der Waals surface area contributed by atoms with Crippen molar-refractivity contribution in [3.05, 3.63) is 41.9 Å². The van der Waals surface area contributed by atoms with Crippen molar-refractivity contribution in [3.63, 3.8) is 0 Å². The van der Waals surface area contributed by atoms with E-state index in [1.165, 1.54) is 6.20 Å². The lowest BCUT2D eigenvalue weighted by Gasteiger charge is -2.00. The van der Waals surface area contributed by atoms with E-state index < -0.39 is 5.97 Å². The molecule has 0 aromatic carbocycles. The van der Waals surface area contributed by atoms with Crippen LogP contribution in [-0.4, -0.2) is 37.5 Å². The first-order valence-electron chi connectivity index (χ1n) is 6.76. The zero-order chi connectivity index (χ0) is 16.1. The first-order valence-corrected chi connectivity index (χ1v) is 7.58. The molecule has 0 atom stereocenters. The fourth-order valence-corrected chi connectivity index (χ4v) is 2.62. The number of anilines is 2. The lowest BCUT2D eigenvalue weighted by molar-refractivity contribution is 0.0532. The number of thiazole rings is 1. The molecule has 0 saturated heterocycles. The highest BCUT2D eigenvalue weighted by Gasteiger charge is 2.22. The summed E-state index contributed by atoms with van der Waals surface area (Å²) in [7, 11) is 0. The van der Waals surface area contributed by atoms with Gasteiger partial charge in [-0.1, -0.05) is 11.3 Å². The van der Waals surface area contributed by atoms with Gasteiger partial charge in [0.1, 0.15) is 16.3 Å². The van der Waals surface area contributed by atoms with Gasteiger partial charge in [-0.25, -0.2) is 19.7 Å². The van der Waals surface area contributed by atoms with Crippen LogP contribution in [0.5, 0.6) is 0 Å². The van der Waals surface area contributed by atoms with Crippen molar-refractivity contribution in [3.8, 4) is 11.4 Å². The van der Waals surface area contributed by atoms with Crippen molar-refractivity contribution in [1.29, 1.82) is 0 Å². The highest BCUT2D eigenvalue weighted by atomic mass is 32.1. The molecule has 3 heterocycles. The Kier molecular flexibility index (Phi) is 4.48. The zero-order valence-corrected chi connectivity index (χ0v) is 12.9. The fraction of sp³-hybridized carbons (Fsp3) is 0.143. The van der Waals surface area contributed by atoms with Crippen molar-refractivity contribution in [2.24, 2.45) is 0 Å². The molecule has 9 heteroatoms. The van der Waals surface area contributed by atoms with E-state index in [4.69, 9.17) is 4.74 Å². The third kappa shape index (κ3) is 3.46. The molecular formula is C14H12N6O2S. The number of carbonyl (C=O) groups is 1. The number of rotatable bonds is 5. The summed E-state index contributed by atoms with van der Waals surface area (Å²) < 4.78 is 5.08. The van der Waals surface area contributed by atoms with Crippen LogP contribution in [0.1, 0.15) is 16.6 Å². The Hall–Kier alpha value is -2.94. The number of aromatic nitrogens is 5. The SMILES string of the molecule is CCOC(=O)c1sc(Nc2ncccn2)nc1-c1cnccn1. The Labute approximate surface area is 135 Å². The summed E-state index contributed by atoms with van der Waals surface area (Å²) in [5.41, 5.74) is 0.911. The predicted molar refractivity (Wildman–Crippen MR) is 84.4 cm³/mol. The molecule has 0 unspecified atom stereocenters. The van der Waals surface area contributed by atoms with Crippen molar-refractivity contribution in [2.75, 3.05) is 11.9 Å². The molecule has 0 spiro atoms. The first-order chi connectivity index (χ1) is 11.3. The molecule has 0 aliphatic carbocycles. The maximum absolute atomic E-state index is 12.1. The van der Waals surface area contributed by atoms with Crippen LogP contribution < -0.4 is 5.32 Å². The summed E-state index contributed by atoms with van der Waals surface area (Å²) in [5.74, 6) is -0.0602. The van der Waals surface area contributed by atoms with Crippen LogP contribution in [0.3, 0.4) is 0 Å². The monoisotopic (exact) mass is 328 g/mol. The molecule has 0 aliphatic heterocycles. The van der Waals surface area contributed by atoms with E-state index in [2.05, 4.69) is 30.2 Å². The number of ether oxygens (including phenoxy) is 1. The van der Waals surface area contributed by atoms with Gasteiger partial charge in [-0.3, -0.25) is 9.97 Å². The Morgan fingerprint density at radius 2 is 2.04 bits per heavy atom. The lowest BCUT2D eigenvalue weighted by Crippen LogP contribution is -2.04. The van der Waals surface area contributed by atoms with Crippen molar-refractivity contribution < 1.29 is 9.53 Å². The molecule has 116 valence electrons. The summed E-state index contributed by atoms with van der Waals surface area (Å²) in [6.07, 6.45) is 7.85. The van der Waals surface area contributed by atoms with Gasteiger partial charge in [0, 0.05) is 24.8 Å². The van der Waals surface area contributed by atoms with Gasteiger partial charge in [-0.2, -0.15) is 0 Å². The second kappa shape index (κ2) is 6.88. The predicted octanol–water partition coefficient (Wildman–Crippen LogP) is 2.31. The van der Waals surface area contributed by atoms with E-state index in [1.807, 2.05) is 0 Å². The molecular weight excluding hydrogens is 316 g/mol. The molecule has 3 aromatic rings. The summed E-state index contributed by atoms with van der Waals surface area (Å²) in [6, 6.07) is 1.71. The Morgan fingerprint density at radius 1 is 1.22 bits per heavy atom. The molecule has 3 rings (SSSR count). The van der Waals surface area contributed by atoms with E-state index in [0.717, 1.165) is 11.3 Å². The van der Waals surface area contributed by atoms with Crippen LogP contribution in [0.25, 0.3) is 11.4 Å². The number of hydrogen-bond acceptors (Lipinski definition) is 9. The van der Waals surface area contributed by atoms with Crippen LogP contribution in [0.15, 0.2) is 37.1 Å². The zero-order valence-electron chi connectivity index (χ0n) is 12.1. The number of hydrogen-bond donors (Lipinski definition) is 1. The molecule has 23 heavy (non-hydrogen) atoms. The third-order valence-corrected chi connectivity index (χ3v) is 3.63. The van der Waals surface area contributed by atoms with Gasteiger partial charge in [0.05, 0.1) is 12.8 Å². The van der Waals surface area contributed by atoms with Crippen LogP contribution in [0, 0.1) is 0 Å². The largest absolute Gasteiger partial charge is 0.462 e. The average molecular weight is 328 g/mol. The normalized spacial score (nSPS) is 10.3. The van der Waals surface area contributed by atoms with E-state index in [-0.39, 0.29) is 6.61 Å². The standard InChI is InChI=1S/C14H12N6O2S/c1-2-22-12(21)11-10(9-8-15-6-7-16-9)19-14(23-11)20-13-17-4-3-5-18-13/h3-8H,2H2,1H3,(H,17,18,19,20). The number of esters is 1. The first kappa shape index (κ1) is 15.0. The van der Waals surface area contributed by atoms with E-state index in [9.17, 15) is 4.79 Å². The van der Waals surface area contributed by atoms with Gasteiger partial charge >= 0.3 is 5.97 Å². The number of nitrogens with zero attached hydrogens (tertiary/aromatic N) is 5. The minimum Gasteiger partial charge on any atom is -0.462 e. The quantitative estimate of drug-likeness (QED) is 0.712. The van der Waals surface area contributed by atoms with Gasteiger partial charge in [-0.15, -0.1) is 0 Å². The lowest BCUT2D eigenvalue weighted by atomic mass is 10.3. The smallest absolute Gasteiger partial charge is 0.350 e. The minimum absolute atomic E-state index is 0.279. The second-order valence-electron chi connectivity index (χ2n) is 4.21. The van der Waals surface area contributed by atoms with Crippen LogP contribution in [0.2, 0.25) is 0 Å². The Morgan fingerprint density at radius 3 is 2.74 bits per heavy atom. The molecule has 0 aliphatic rings. The number of carbonyl (C=O) groups excluding carboxylic acids is 1. The van der Waals surface area contributed by atoms with Crippen molar-refractivity contribution >= 4 is 28.4 Å². The highest BCUT2D eigenvalue weighted by molar-refractivity contribution is 7.18. The van der Waals surface area contributed by atoms with Gasteiger partial charge in [0.2, 0.25) is 5.95 Å². The molecule has 8 nitrogen and oxygen atoms in total. The summed E-state index contributed by atoms with van der Waals surface area (Å²) in [4.78, 5) is 33.2. The average Bonchev–Trinajstić information content (AvgIpc) is 3.01. The van der Waals surface area contributed by atoms with Gasteiger partial charge < -0.3 is 10.1 Å². The second-order valence-corrected chi connectivity index (χ2v) is 5.20. The summed E-state index contributed by atoms with van der Waals surface area (Å²) in [6.45, 7) is 2.03. The maximum Gasteiger partial charge on any atom is 0.350 e. The topological polar surface area (TPSA) is 103 Å². The summed E-state index contributed by atoms with van der Waals surface area (Å²) >= 11 is 1.15. The van der Waals surface area contributed by atoms with Crippen LogP contribution in [-0.2, 0) is 4.74 Å². The fourth-order valence-electron chi connectivity index (χ4n) is 1.76. The van der Waals surface area contributed by atoms with Crippen molar-refractivity contribution in [1.82, 2.24) is 24.9 Å². The van der Waals surface area contributed by atoms with E-state index in [1.54, 1.807) is 37.8 Å². The van der Waals surface area contributed by atoms with Crippen LogP contribution in [0.4, 0.5) is 11.1 Å². The minimum atomic E-state index is -0.451. The maximum atomic E-state index is 12.1. The molecule has 0 amide bonds. The van der Waals surface area contributed by atoms with Gasteiger partial charge in [0.15, 0.2) is 5.13 Å². The molecule has 0 fully saturated rings. The Bertz CT molecular complexity index is 794. The van der Waals surface area contributed by atoms with Gasteiger partial charge in [-0.05, 0) is 13.0 Å². The molecule has 0 bridgehead atoms. The molecule has 0 saturated carbocycles. The van der Waals surface area contributed by atoms with E-state index in [0.29, 0.717) is 27.3 Å².